The SMILES string of the molecule is O=C([O-])OC(=O)OC(=O)[O-].O=C([O-])OC(=O)OC(=O)[O-].O=C([O-])OC(=O)OC(=O)[O-].[Sb+3].[Sb+3]. The van der Waals surface area contributed by atoms with Gasteiger partial charge in [-0.3, -0.25) is 0 Å². The van der Waals surface area contributed by atoms with Gasteiger partial charge >= 0.3 is 67.3 Å². The van der Waals surface area contributed by atoms with E-state index in [4.69, 9.17) is 0 Å². The molecule has 0 aromatic rings. The predicted octanol–water partition coefficient (Wildman–Crippen LogP) is -7.28. The average Bonchev–Trinajstić information content (AvgIpc) is 2.42. The third kappa shape index (κ3) is 40.8. The molecule has 0 saturated carbocycles. The summed E-state index contributed by atoms with van der Waals surface area (Å²) in [6, 6.07) is 0. The van der Waals surface area contributed by atoms with E-state index >= 15 is 0 Å². The first-order chi connectivity index (χ1) is 13.6. The van der Waals surface area contributed by atoms with Gasteiger partial charge in [0.25, 0.3) is 36.9 Å². The molecule has 0 rings (SSSR count). The number of hydrogen-bond acceptors (Lipinski definition) is 21. The molecule has 0 aliphatic carbocycles. The molecule has 23 heteroatoms. The van der Waals surface area contributed by atoms with Crippen molar-refractivity contribution in [2.75, 3.05) is 0 Å². The van der Waals surface area contributed by atoms with Crippen LogP contribution in [0.25, 0.3) is 0 Å². The van der Waals surface area contributed by atoms with Gasteiger partial charge in [-0.05, 0) is 0 Å². The molecule has 0 bridgehead atoms. The average molecular weight is 688 g/mol. The van der Waals surface area contributed by atoms with Crippen LogP contribution >= 0.6 is 0 Å². The van der Waals surface area contributed by atoms with Crippen molar-refractivity contribution in [1.29, 1.82) is 0 Å². The number of carbonyl (C=O) groups is 9. The second-order valence-electron chi connectivity index (χ2n) is 2.86. The molecule has 0 N–H and O–H groups in total. The Morgan fingerprint density at radius 2 is 0.406 bits per heavy atom. The largest absolute Gasteiger partial charge is 3.00 e. The molecule has 32 heavy (non-hydrogen) atoms. The Bertz CT molecular complexity index is 561. The first-order valence-corrected chi connectivity index (χ1v) is 5.51. The van der Waals surface area contributed by atoms with Gasteiger partial charge in [0.1, 0.15) is 0 Å². The fraction of sp³-hybridized carbons (Fsp3) is 0. The van der Waals surface area contributed by atoms with Crippen molar-refractivity contribution in [1.82, 2.24) is 0 Å². The van der Waals surface area contributed by atoms with Crippen LogP contribution in [0, 0.1) is 0 Å². The minimum Gasteiger partial charge on any atom is -0.467 e. The van der Waals surface area contributed by atoms with E-state index in [0.29, 0.717) is 0 Å². The predicted molar refractivity (Wildman–Crippen MR) is 66.6 cm³/mol. The molecular formula is C9O21Sb2. The fourth-order valence-corrected chi connectivity index (χ4v) is 0.471. The van der Waals surface area contributed by atoms with Crippen molar-refractivity contribution >= 4 is 104 Å². The van der Waals surface area contributed by atoms with Crippen molar-refractivity contribution < 1.29 is 102 Å². The van der Waals surface area contributed by atoms with Crippen LogP contribution in [-0.2, 0) is 28.4 Å². The Balaban J connectivity index is -0.000000110. The van der Waals surface area contributed by atoms with Gasteiger partial charge in [-0.2, -0.15) is 0 Å². The third-order valence-electron chi connectivity index (χ3n) is 1.000. The topological polar surface area (TPSA) is 347 Å². The van der Waals surface area contributed by atoms with E-state index in [2.05, 4.69) is 28.4 Å². The molecule has 0 aromatic heterocycles. The molecule has 0 spiro atoms. The first-order valence-electron chi connectivity index (χ1n) is 5.51. The van der Waals surface area contributed by atoms with Crippen LogP contribution < -0.4 is 30.6 Å². The van der Waals surface area contributed by atoms with Crippen molar-refractivity contribution in [2.24, 2.45) is 0 Å². The van der Waals surface area contributed by atoms with Crippen LogP contribution in [-0.4, -0.2) is 104 Å². The smallest absolute Gasteiger partial charge is 0.467 e. The number of carboxylic acid groups (broad SMARTS) is 6. The van der Waals surface area contributed by atoms with Crippen molar-refractivity contribution in [2.45, 2.75) is 0 Å². The third-order valence-corrected chi connectivity index (χ3v) is 1.000. The van der Waals surface area contributed by atoms with Gasteiger partial charge in [0.05, 0.1) is 0 Å². The normalized spacial score (nSPS) is 7.50. The van der Waals surface area contributed by atoms with Crippen LogP contribution in [0.3, 0.4) is 0 Å². The standard InChI is InChI=1S/3C3H2O7.2Sb/c3*4-1(5)9-3(8)10-2(6)7;;/h3*(H,4,5)(H,6,7);;/q;;;2*+3/p-6. The number of rotatable bonds is 0. The molecule has 0 aromatic carbocycles. The summed E-state index contributed by atoms with van der Waals surface area (Å²) in [7, 11) is 0. The van der Waals surface area contributed by atoms with E-state index < -0.39 is 55.4 Å². The van der Waals surface area contributed by atoms with E-state index in [1.807, 2.05) is 0 Å². The summed E-state index contributed by atoms with van der Waals surface area (Å²) >= 11 is 0. The maximum Gasteiger partial charge on any atom is 3.00 e. The molecular weight excluding hydrogens is 688 g/mol. The van der Waals surface area contributed by atoms with Gasteiger partial charge in [0.2, 0.25) is 0 Å². The van der Waals surface area contributed by atoms with Gasteiger partial charge in [0, 0.05) is 0 Å². The Morgan fingerprint density at radius 1 is 0.312 bits per heavy atom. The molecule has 172 valence electrons. The van der Waals surface area contributed by atoms with Crippen LogP contribution in [0.5, 0.6) is 0 Å². The van der Waals surface area contributed by atoms with E-state index in [1.54, 1.807) is 0 Å². The second-order valence-corrected chi connectivity index (χ2v) is 2.86. The van der Waals surface area contributed by atoms with E-state index in [0.717, 1.165) is 0 Å². The van der Waals surface area contributed by atoms with Crippen molar-refractivity contribution in [3.05, 3.63) is 0 Å². The van der Waals surface area contributed by atoms with Gasteiger partial charge in [-0.25, -0.2) is 14.4 Å². The molecule has 4 radical (unpaired) electrons. The summed E-state index contributed by atoms with van der Waals surface area (Å²) in [6.45, 7) is 0. The summed E-state index contributed by atoms with van der Waals surface area (Å²) in [4.78, 5) is 85.4. The maximum absolute atomic E-state index is 9.78. The number of ether oxygens (including phenoxy) is 6. The van der Waals surface area contributed by atoms with Crippen molar-refractivity contribution in [3.8, 4) is 0 Å². The summed E-state index contributed by atoms with van der Waals surface area (Å²) < 4.78 is 18.5. The van der Waals surface area contributed by atoms with E-state index in [9.17, 15) is 73.8 Å². The fourth-order valence-electron chi connectivity index (χ4n) is 0.471. The molecule has 21 nitrogen and oxygen atoms in total. The molecule has 0 fully saturated rings. The van der Waals surface area contributed by atoms with E-state index in [1.165, 1.54) is 0 Å². The number of carbonyl (C=O) groups excluding carboxylic acids is 9. The monoisotopic (exact) mass is 686 g/mol. The minimum absolute atomic E-state index is 0. The van der Waals surface area contributed by atoms with Gasteiger partial charge in [0.15, 0.2) is 0 Å². The summed E-state index contributed by atoms with van der Waals surface area (Å²) in [5.41, 5.74) is 0. The van der Waals surface area contributed by atoms with Crippen LogP contribution in [0.1, 0.15) is 0 Å². The van der Waals surface area contributed by atoms with E-state index in [-0.39, 0.29) is 48.9 Å². The minimum atomic E-state index is -2.20. The molecule has 0 heterocycles. The van der Waals surface area contributed by atoms with Gasteiger partial charge in [-0.15, -0.1) is 0 Å². The number of hydrogen-bond donors (Lipinski definition) is 0. The second kappa shape index (κ2) is 22.0. The van der Waals surface area contributed by atoms with Gasteiger partial charge < -0.3 is 87.8 Å². The molecule has 0 atom stereocenters. The van der Waals surface area contributed by atoms with Gasteiger partial charge in [-0.1, -0.05) is 0 Å². The van der Waals surface area contributed by atoms with Crippen LogP contribution in [0.15, 0.2) is 0 Å². The maximum atomic E-state index is 9.78. The Labute approximate surface area is 206 Å². The molecule has 0 unspecified atom stereocenters. The zero-order chi connectivity index (χ0) is 24.4. The molecule has 0 amide bonds. The first kappa shape index (κ1) is 38.8. The Hall–Kier alpha value is -3.73. The van der Waals surface area contributed by atoms with Crippen LogP contribution in [0.2, 0.25) is 0 Å². The van der Waals surface area contributed by atoms with Crippen molar-refractivity contribution in [3.63, 3.8) is 0 Å². The summed E-state index contributed by atoms with van der Waals surface area (Å²) in [5, 5.41) is 56.1. The Morgan fingerprint density at radius 3 is 0.469 bits per heavy atom. The molecule has 0 saturated heterocycles. The summed E-state index contributed by atoms with van der Waals surface area (Å²) in [5.74, 6) is 0. The zero-order valence-electron chi connectivity index (χ0n) is 14.0. The van der Waals surface area contributed by atoms with Crippen LogP contribution in [0.4, 0.5) is 43.2 Å². The molecule has 0 aliphatic rings. The molecule has 0 aliphatic heterocycles. The quantitative estimate of drug-likeness (QED) is 0.0987. The zero-order valence-corrected chi connectivity index (χ0v) is 19.1. The summed E-state index contributed by atoms with van der Waals surface area (Å²) in [6.07, 6.45) is -19.0. The Kier molecular flexibility index (Phi) is 26.6.